The van der Waals surface area contributed by atoms with Crippen LogP contribution in [0.15, 0.2) is 45.5 Å². The maximum atomic E-state index is 5.76. The van der Waals surface area contributed by atoms with Crippen molar-refractivity contribution in [2.75, 3.05) is 12.4 Å². The number of aromatic nitrogens is 1. The first kappa shape index (κ1) is 12.4. The van der Waals surface area contributed by atoms with Crippen molar-refractivity contribution < 1.29 is 4.74 Å². The SMILES string of the molecule is CNc1cc(Oc2ccc(Br)cc2Br)ccn1. The van der Waals surface area contributed by atoms with Crippen LogP contribution in [0.25, 0.3) is 0 Å². The molecule has 5 heteroatoms. The van der Waals surface area contributed by atoms with Crippen molar-refractivity contribution in [3.05, 3.63) is 45.5 Å². The zero-order chi connectivity index (χ0) is 12.3. The molecule has 2 aromatic rings. The second-order valence-electron chi connectivity index (χ2n) is 3.30. The predicted octanol–water partition coefficient (Wildman–Crippen LogP) is 4.44. The molecule has 1 aromatic heterocycles. The van der Waals surface area contributed by atoms with Gasteiger partial charge in [-0.3, -0.25) is 0 Å². The van der Waals surface area contributed by atoms with E-state index in [9.17, 15) is 0 Å². The van der Waals surface area contributed by atoms with Gasteiger partial charge in [0.05, 0.1) is 4.47 Å². The highest BCUT2D eigenvalue weighted by atomic mass is 79.9. The van der Waals surface area contributed by atoms with Gasteiger partial charge in [0.2, 0.25) is 0 Å². The highest BCUT2D eigenvalue weighted by molar-refractivity contribution is 9.11. The molecule has 0 saturated carbocycles. The van der Waals surface area contributed by atoms with Gasteiger partial charge in [0, 0.05) is 23.8 Å². The number of ether oxygens (including phenoxy) is 1. The van der Waals surface area contributed by atoms with E-state index in [1.54, 1.807) is 6.20 Å². The minimum atomic E-state index is 0.743. The number of hydrogen-bond donors (Lipinski definition) is 1. The van der Waals surface area contributed by atoms with Crippen LogP contribution in [0.4, 0.5) is 5.82 Å². The van der Waals surface area contributed by atoms with Crippen molar-refractivity contribution in [1.29, 1.82) is 0 Å². The van der Waals surface area contributed by atoms with E-state index in [0.717, 1.165) is 26.3 Å². The maximum Gasteiger partial charge on any atom is 0.141 e. The van der Waals surface area contributed by atoms with E-state index < -0.39 is 0 Å². The molecule has 0 radical (unpaired) electrons. The highest BCUT2D eigenvalue weighted by Gasteiger charge is 2.04. The van der Waals surface area contributed by atoms with Crippen LogP contribution >= 0.6 is 31.9 Å². The van der Waals surface area contributed by atoms with Crippen LogP contribution in [0.5, 0.6) is 11.5 Å². The lowest BCUT2D eigenvalue weighted by molar-refractivity contribution is 0.479. The van der Waals surface area contributed by atoms with Gasteiger partial charge >= 0.3 is 0 Å². The average Bonchev–Trinajstić information content (AvgIpc) is 2.33. The standard InChI is InChI=1S/C12H10Br2N2O/c1-15-12-7-9(4-5-16-12)17-11-3-2-8(13)6-10(11)14/h2-7H,1H3,(H,15,16). The molecule has 0 fully saturated rings. The molecule has 1 N–H and O–H groups in total. The van der Waals surface area contributed by atoms with Gasteiger partial charge < -0.3 is 10.1 Å². The van der Waals surface area contributed by atoms with Crippen molar-refractivity contribution >= 4 is 37.7 Å². The number of anilines is 1. The van der Waals surface area contributed by atoms with Crippen LogP contribution in [-0.2, 0) is 0 Å². The summed E-state index contributed by atoms with van der Waals surface area (Å²) in [5, 5.41) is 2.97. The fourth-order valence-corrected chi connectivity index (χ4v) is 2.42. The summed E-state index contributed by atoms with van der Waals surface area (Å²) in [6.45, 7) is 0. The Balaban J connectivity index is 2.25. The maximum absolute atomic E-state index is 5.76. The molecule has 0 aliphatic carbocycles. The van der Waals surface area contributed by atoms with Crippen molar-refractivity contribution in [3.8, 4) is 11.5 Å². The molecule has 1 aromatic carbocycles. The Morgan fingerprint density at radius 2 is 2.00 bits per heavy atom. The number of nitrogens with one attached hydrogen (secondary N) is 1. The van der Waals surface area contributed by atoms with Crippen LogP contribution in [-0.4, -0.2) is 12.0 Å². The fourth-order valence-electron chi connectivity index (χ4n) is 1.30. The molecule has 88 valence electrons. The summed E-state index contributed by atoms with van der Waals surface area (Å²) >= 11 is 6.85. The van der Waals surface area contributed by atoms with Gasteiger partial charge in [0.15, 0.2) is 0 Å². The monoisotopic (exact) mass is 356 g/mol. The second-order valence-corrected chi connectivity index (χ2v) is 5.07. The van der Waals surface area contributed by atoms with E-state index in [1.165, 1.54) is 0 Å². The Kier molecular flexibility index (Phi) is 4.02. The van der Waals surface area contributed by atoms with Gasteiger partial charge in [0.25, 0.3) is 0 Å². The molecule has 0 saturated heterocycles. The Morgan fingerprint density at radius 3 is 2.71 bits per heavy atom. The lowest BCUT2D eigenvalue weighted by Gasteiger charge is -2.08. The third kappa shape index (κ3) is 3.20. The van der Waals surface area contributed by atoms with Crippen LogP contribution in [0, 0.1) is 0 Å². The van der Waals surface area contributed by atoms with Crippen LogP contribution in [0.1, 0.15) is 0 Å². The summed E-state index contributed by atoms with van der Waals surface area (Å²) in [4.78, 5) is 4.13. The number of hydrogen-bond acceptors (Lipinski definition) is 3. The first-order valence-corrected chi connectivity index (χ1v) is 6.54. The Morgan fingerprint density at radius 1 is 1.18 bits per heavy atom. The molecular weight excluding hydrogens is 348 g/mol. The zero-order valence-electron chi connectivity index (χ0n) is 9.08. The summed E-state index contributed by atoms with van der Waals surface area (Å²) in [5.41, 5.74) is 0. The van der Waals surface area contributed by atoms with Gasteiger partial charge in [-0.15, -0.1) is 0 Å². The van der Waals surface area contributed by atoms with Gasteiger partial charge in [0.1, 0.15) is 17.3 Å². The van der Waals surface area contributed by atoms with Crippen molar-refractivity contribution in [1.82, 2.24) is 4.98 Å². The number of nitrogens with zero attached hydrogens (tertiary/aromatic N) is 1. The molecule has 3 nitrogen and oxygen atoms in total. The second kappa shape index (κ2) is 5.51. The topological polar surface area (TPSA) is 34.1 Å². The summed E-state index contributed by atoms with van der Waals surface area (Å²) in [6, 6.07) is 9.42. The first-order valence-electron chi connectivity index (χ1n) is 4.96. The lowest BCUT2D eigenvalue weighted by Crippen LogP contribution is -1.92. The summed E-state index contributed by atoms with van der Waals surface area (Å²) < 4.78 is 7.66. The minimum absolute atomic E-state index is 0.743. The molecule has 0 spiro atoms. The Labute approximate surface area is 116 Å². The van der Waals surface area contributed by atoms with Crippen molar-refractivity contribution in [2.24, 2.45) is 0 Å². The number of rotatable bonds is 3. The third-order valence-electron chi connectivity index (χ3n) is 2.11. The van der Waals surface area contributed by atoms with E-state index in [0.29, 0.717) is 0 Å². The predicted molar refractivity (Wildman–Crippen MR) is 75.7 cm³/mol. The fraction of sp³-hybridized carbons (Fsp3) is 0.0833. The van der Waals surface area contributed by atoms with Crippen molar-refractivity contribution in [2.45, 2.75) is 0 Å². The summed E-state index contributed by atoms with van der Waals surface area (Å²) in [5.74, 6) is 2.28. The van der Waals surface area contributed by atoms with Crippen molar-refractivity contribution in [3.63, 3.8) is 0 Å². The van der Waals surface area contributed by atoms with Gasteiger partial charge in [-0.05, 0) is 40.2 Å². The number of halogens is 2. The Hall–Kier alpha value is -1.07. The first-order chi connectivity index (χ1) is 8.19. The number of benzene rings is 1. The molecule has 1 heterocycles. The molecule has 0 atom stereocenters. The van der Waals surface area contributed by atoms with E-state index in [4.69, 9.17) is 4.74 Å². The quantitative estimate of drug-likeness (QED) is 0.881. The Bertz CT molecular complexity index is 532. The van der Waals surface area contributed by atoms with Crippen LogP contribution in [0.2, 0.25) is 0 Å². The zero-order valence-corrected chi connectivity index (χ0v) is 12.2. The molecule has 0 aliphatic rings. The molecular formula is C12H10Br2N2O. The third-order valence-corrected chi connectivity index (χ3v) is 3.22. The molecule has 0 bridgehead atoms. The molecule has 2 rings (SSSR count). The lowest BCUT2D eigenvalue weighted by atomic mass is 10.3. The molecule has 0 aliphatic heterocycles. The van der Waals surface area contributed by atoms with E-state index in [2.05, 4.69) is 42.2 Å². The molecule has 0 unspecified atom stereocenters. The largest absolute Gasteiger partial charge is 0.456 e. The number of pyridine rings is 1. The average molecular weight is 358 g/mol. The summed E-state index contributed by atoms with van der Waals surface area (Å²) in [6.07, 6.45) is 1.70. The molecule has 0 amide bonds. The summed E-state index contributed by atoms with van der Waals surface area (Å²) in [7, 11) is 1.82. The van der Waals surface area contributed by atoms with Gasteiger partial charge in [-0.2, -0.15) is 0 Å². The minimum Gasteiger partial charge on any atom is -0.456 e. The molecule has 17 heavy (non-hydrogen) atoms. The van der Waals surface area contributed by atoms with E-state index >= 15 is 0 Å². The normalized spacial score (nSPS) is 10.1. The highest BCUT2D eigenvalue weighted by Crippen LogP contribution is 2.32. The van der Waals surface area contributed by atoms with Gasteiger partial charge in [-0.25, -0.2) is 4.98 Å². The van der Waals surface area contributed by atoms with Gasteiger partial charge in [-0.1, -0.05) is 15.9 Å². The van der Waals surface area contributed by atoms with E-state index in [1.807, 2.05) is 37.4 Å². The smallest absolute Gasteiger partial charge is 0.141 e. The van der Waals surface area contributed by atoms with Crippen LogP contribution in [0.3, 0.4) is 0 Å². The van der Waals surface area contributed by atoms with Crippen LogP contribution < -0.4 is 10.1 Å². The van der Waals surface area contributed by atoms with E-state index in [-0.39, 0.29) is 0 Å².